The molecule has 1 aromatic rings. The Morgan fingerprint density at radius 3 is 2.17 bits per heavy atom. The lowest BCUT2D eigenvalue weighted by Crippen LogP contribution is -2.41. The Balaban J connectivity index is 2.45. The molecule has 2 rings (SSSR count). The highest BCUT2D eigenvalue weighted by Crippen LogP contribution is 2.31. The summed E-state index contributed by atoms with van der Waals surface area (Å²) in [7, 11) is 0. The standard InChI is InChI=1S/C19H20F3NO7/c1-17(2,3)30-16(26)23-13-7-6-11(27-19(20,21)22)8-10(13)9-12-14(24)28-18(4,5)29-15(12)25/h6-9H,1-5H3,(H,23,26). The van der Waals surface area contributed by atoms with Gasteiger partial charge in [0.05, 0.1) is 5.69 Å². The molecule has 1 saturated heterocycles. The minimum Gasteiger partial charge on any atom is -0.444 e. The topological polar surface area (TPSA) is 100 Å². The van der Waals surface area contributed by atoms with Crippen molar-refractivity contribution in [2.75, 3.05) is 5.32 Å². The minimum atomic E-state index is -4.97. The van der Waals surface area contributed by atoms with Crippen molar-refractivity contribution >= 4 is 29.8 Å². The molecule has 0 aliphatic carbocycles. The van der Waals surface area contributed by atoms with Crippen LogP contribution in [0.5, 0.6) is 5.75 Å². The fourth-order valence-electron chi connectivity index (χ4n) is 2.32. The summed E-state index contributed by atoms with van der Waals surface area (Å²) in [6.07, 6.45) is -4.95. The Labute approximate surface area is 169 Å². The van der Waals surface area contributed by atoms with Gasteiger partial charge in [-0.2, -0.15) is 0 Å². The average molecular weight is 431 g/mol. The second-order valence-electron chi connectivity index (χ2n) is 7.66. The van der Waals surface area contributed by atoms with Crippen molar-refractivity contribution in [3.8, 4) is 5.75 Å². The summed E-state index contributed by atoms with van der Waals surface area (Å²) in [5.41, 5.74) is -1.61. The third kappa shape index (κ3) is 6.68. The van der Waals surface area contributed by atoms with E-state index in [0.29, 0.717) is 0 Å². The van der Waals surface area contributed by atoms with Crippen molar-refractivity contribution in [1.29, 1.82) is 0 Å². The fourth-order valence-corrected chi connectivity index (χ4v) is 2.32. The Hall–Kier alpha value is -3.24. The van der Waals surface area contributed by atoms with Crippen LogP contribution in [-0.2, 0) is 23.8 Å². The fraction of sp³-hybridized carbons (Fsp3) is 0.421. The molecule has 0 saturated carbocycles. The lowest BCUT2D eigenvalue weighted by atomic mass is 10.1. The van der Waals surface area contributed by atoms with Gasteiger partial charge in [0.15, 0.2) is 0 Å². The number of cyclic esters (lactones) is 2. The molecule has 1 aliphatic rings. The van der Waals surface area contributed by atoms with Crippen LogP contribution in [-0.4, -0.2) is 35.8 Å². The highest BCUT2D eigenvalue weighted by atomic mass is 19.4. The number of benzene rings is 1. The highest BCUT2D eigenvalue weighted by Gasteiger charge is 2.39. The molecule has 0 radical (unpaired) electrons. The molecule has 1 aliphatic heterocycles. The number of amides is 1. The summed E-state index contributed by atoms with van der Waals surface area (Å²) in [5, 5.41) is 2.35. The second-order valence-corrected chi connectivity index (χ2v) is 7.66. The summed E-state index contributed by atoms with van der Waals surface area (Å²) in [5.74, 6) is -4.21. The van der Waals surface area contributed by atoms with E-state index >= 15 is 0 Å². The van der Waals surface area contributed by atoms with Gasteiger partial charge in [0.1, 0.15) is 16.9 Å². The van der Waals surface area contributed by atoms with E-state index in [-0.39, 0.29) is 11.3 Å². The van der Waals surface area contributed by atoms with Crippen molar-refractivity contribution in [2.24, 2.45) is 0 Å². The van der Waals surface area contributed by atoms with Crippen molar-refractivity contribution in [2.45, 2.75) is 52.4 Å². The van der Waals surface area contributed by atoms with Crippen LogP contribution in [0.4, 0.5) is 23.7 Å². The van der Waals surface area contributed by atoms with Crippen LogP contribution in [0.25, 0.3) is 6.08 Å². The number of carbonyl (C=O) groups is 3. The second kappa shape index (κ2) is 7.88. The van der Waals surface area contributed by atoms with Gasteiger partial charge in [0.25, 0.3) is 5.79 Å². The normalized spacial score (nSPS) is 16.3. The van der Waals surface area contributed by atoms with Gasteiger partial charge < -0.3 is 18.9 Å². The number of nitrogens with one attached hydrogen (secondary N) is 1. The van der Waals surface area contributed by atoms with Crippen LogP contribution in [0.1, 0.15) is 40.2 Å². The Bertz CT molecular complexity index is 876. The maximum atomic E-state index is 12.6. The van der Waals surface area contributed by atoms with Gasteiger partial charge in [-0.25, -0.2) is 14.4 Å². The van der Waals surface area contributed by atoms with E-state index in [9.17, 15) is 27.6 Å². The van der Waals surface area contributed by atoms with Crippen molar-refractivity contribution in [3.63, 3.8) is 0 Å². The molecular weight excluding hydrogens is 411 g/mol. The lowest BCUT2D eigenvalue weighted by molar-refractivity contribution is -0.274. The first-order chi connectivity index (χ1) is 13.5. The van der Waals surface area contributed by atoms with Crippen molar-refractivity contribution in [3.05, 3.63) is 29.3 Å². The van der Waals surface area contributed by atoms with Crippen LogP contribution in [0, 0.1) is 0 Å². The molecule has 8 nitrogen and oxygen atoms in total. The quantitative estimate of drug-likeness (QED) is 0.436. The average Bonchev–Trinajstić information content (AvgIpc) is 2.48. The molecule has 30 heavy (non-hydrogen) atoms. The number of rotatable bonds is 3. The van der Waals surface area contributed by atoms with E-state index in [2.05, 4.69) is 10.1 Å². The first-order valence-corrected chi connectivity index (χ1v) is 8.63. The minimum absolute atomic E-state index is 0.0447. The Morgan fingerprint density at radius 2 is 1.67 bits per heavy atom. The van der Waals surface area contributed by atoms with E-state index in [1.807, 2.05) is 0 Å². The predicted octanol–water partition coefficient (Wildman–Crippen LogP) is 4.15. The van der Waals surface area contributed by atoms with Crippen LogP contribution in [0.3, 0.4) is 0 Å². The number of anilines is 1. The van der Waals surface area contributed by atoms with Crippen LogP contribution in [0.15, 0.2) is 23.8 Å². The zero-order valence-electron chi connectivity index (χ0n) is 16.8. The number of esters is 2. The molecule has 0 unspecified atom stereocenters. The van der Waals surface area contributed by atoms with Gasteiger partial charge in [-0.15, -0.1) is 13.2 Å². The van der Waals surface area contributed by atoms with E-state index in [4.69, 9.17) is 14.2 Å². The molecule has 0 spiro atoms. The first kappa shape index (κ1) is 23.0. The molecule has 1 aromatic carbocycles. The molecule has 1 heterocycles. The third-order valence-electron chi connectivity index (χ3n) is 3.31. The zero-order valence-corrected chi connectivity index (χ0v) is 16.8. The SMILES string of the molecule is CC(C)(C)OC(=O)Nc1ccc(OC(F)(F)F)cc1C=C1C(=O)OC(C)(C)OC1=O. The van der Waals surface area contributed by atoms with Crippen molar-refractivity contribution in [1.82, 2.24) is 0 Å². The van der Waals surface area contributed by atoms with Gasteiger partial charge in [-0.3, -0.25) is 5.32 Å². The van der Waals surface area contributed by atoms with E-state index in [1.165, 1.54) is 13.8 Å². The number of ether oxygens (including phenoxy) is 4. The van der Waals surface area contributed by atoms with E-state index < -0.39 is 47.1 Å². The number of carbonyl (C=O) groups excluding carboxylic acids is 3. The Kier molecular flexibility index (Phi) is 6.05. The molecule has 1 fully saturated rings. The summed E-state index contributed by atoms with van der Waals surface area (Å²) < 4.78 is 56.5. The first-order valence-electron chi connectivity index (χ1n) is 8.63. The molecule has 0 bridgehead atoms. The molecule has 11 heteroatoms. The monoisotopic (exact) mass is 431 g/mol. The van der Waals surface area contributed by atoms with Crippen LogP contribution < -0.4 is 10.1 Å². The smallest absolute Gasteiger partial charge is 0.444 e. The van der Waals surface area contributed by atoms with Gasteiger partial charge >= 0.3 is 24.4 Å². The van der Waals surface area contributed by atoms with Gasteiger partial charge in [-0.05, 0) is 45.0 Å². The maximum Gasteiger partial charge on any atom is 0.573 e. The van der Waals surface area contributed by atoms with E-state index in [1.54, 1.807) is 20.8 Å². The van der Waals surface area contributed by atoms with Crippen LogP contribution in [0.2, 0.25) is 0 Å². The molecule has 0 aromatic heterocycles. The zero-order chi connectivity index (χ0) is 22.9. The molecule has 1 N–H and O–H groups in total. The third-order valence-corrected chi connectivity index (χ3v) is 3.31. The van der Waals surface area contributed by atoms with Crippen LogP contribution >= 0.6 is 0 Å². The summed E-state index contributed by atoms with van der Waals surface area (Å²) in [6.45, 7) is 7.53. The van der Waals surface area contributed by atoms with Crippen molar-refractivity contribution < 1.29 is 46.5 Å². The maximum absolute atomic E-state index is 12.6. The summed E-state index contributed by atoms with van der Waals surface area (Å²) in [4.78, 5) is 36.3. The van der Waals surface area contributed by atoms with E-state index in [0.717, 1.165) is 24.3 Å². The molecule has 1 amide bonds. The summed E-state index contributed by atoms with van der Waals surface area (Å²) in [6, 6.07) is 2.93. The molecule has 164 valence electrons. The van der Waals surface area contributed by atoms with Gasteiger partial charge in [-0.1, -0.05) is 0 Å². The Morgan fingerprint density at radius 1 is 1.10 bits per heavy atom. The molecule has 0 atom stereocenters. The number of alkyl halides is 3. The number of halogens is 3. The van der Waals surface area contributed by atoms with Gasteiger partial charge in [0, 0.05) is 19.4 Å². The predicted molar refractivity (Wildman–Crippen MR) is 97.2 cm³/mol. The number of hydrogen-bond acceptors (Lipinski definition) is 7. The highest BCUT2D eigenvalue weighted by molar-refractivity contribution is 6.19. The summed E-state index contributed by atoms with van der Waals surface area (Å²) >= 11 is 0. The lowest BCUT2D eigenvalue weighted by Gasteiger charge is -2.29. The molecular formula is C19H20F3NO7. The largest absolute Gasteiger partial charge is 0.573 e. The number of hydrogen-bond donors (Lipinski definition) is 1. The van der Waals surface area contributed by atoms with Gasteiger partial charge in [0.2, 0.25) is 0 Å².